The van der Waals surface area contributed by atoms with E-state index in [1.54, 1.807) is 7.11 Å². The third kappa shape index (κ3) is 4.00. The van der Waals surface area contributed by atoms with Crippen molar-refractivity contribution in [3.63, 3.8) is 0 Å². The van der Waals surface area contributed by atoms with Crippen LogP contribution in [0.3, 0.4) is 0 Å². The number of methoxy groups -OCH3 is 1. The van der Waals surface area contributed by atoms with Gasteiger partial charge in [-0.25, -0.2) is 9.13 Å². The van der Waals surface area contributed by atoms with Crippen LogP contribution >= 0.6 is 11.6 Å². The Kier molecular flexibility index (Phi) is 5.58. The first-order chi connectivity index (χ1) is 14.2. The van der Waals surface area contributed by atoms with Gasteiger partial charge in [0, 0.05) is 10.6 Å². The van der Waals surface area contributed by atoms with Gasteiger partial charge in [0.2, 0.25) is 0 Å². The van der Waals surface area contributed by atoms with E-state index in [2.05, 4.69) is 21.3 Å². The first kappa shape index (κ1) is 19.2. The van der Waals surface area contributed by atoms with Gasteiger partial charge in [-0.2, -0.15) is 0 Å². The topological polar surface area (TPSA) is 53.3 Å². The standard InChI is InChI=1S/C23H22ClN3O2/c1-28-18-10-12-19(13-11-18)29-15-14-26-21-8-4-5-9-22(21)27(23(26)25)16-17-6-2-3-7-20(17)24/h2-13,25H,14-16H2,1H3/p+1. The Balaban J connectivity index is 1.57. The molecular formula is C23H23ClN3O2+. The molecule has 148 valence electrons. The number of imidazole rings is 1. The molecule has 0 amide bonds. The number of nitrogen functional groups attached to an aromatic ring is 1. The highest BCUT2D eigenvalue weighted by Crippen LogP contribution is 2.21. The van der Waals surface area contributed by atoms with E-state index >= 15 is 0 Å². The SMILES string of the molecule is COc1ccc(OCCn2c(N)[n+](Cc3ccccc3Cl)c3ccccc32)cc1. The number of nitrogens with two attached hydrogens (primary N) is 1. The third-order valence-electron chi connectivity index (χ3n) is 4.95. The molecule has 5 nitrogen and oxygen atoms in total. The summed E-state index contributed by atoms with van der Waals surface area (Å²) in [5.41, 5.74) is 9.70. The van der Waals surface area contributed by atoms with Crippen LogP contribution < -0.4 is 19.8 Å². The summed E-state index contributed by atoms with van der Waals surface area (Å²) < 4.78 is 15.2. The molecule has 1 aromatic heterocycles. The molecule has 0 aliphatic carbocycles. The molecule has 0 aliphatic heterocycles. The van der Waals surface area contributed by atoms with Gasteiger partial charge in [0.15, 0.2) is 0 Å². The van der Waals surface area contributed by atoms with Crippen molar-refractivity contribution in [3.05, 3.63) is 83.4 Å². The van der Waals surface area contributed by atoms with Gasteiger partial charge in [0.25, 0.3) is 0 Å². The zero-order valence-corrected chi connectivity index (χ0v) is 17.0. The maximum Gasteiger partial charge on any atom is 0.356 e. The number of anilines is 1. The molecule has 0 saturated carbocycles. The van der Waals surface area contributed by atoms with Crippen molar-refractivity contribution >= 4 is 28.6 Å². The molecule has 3 aromatic carbocycles. The minimum Gasteiger partial charge on any atom is -0.497 e. The lowest BCUT2D eigenvalue weighted by Gasteiger charge is -2.07. The monoisotopic (exact) mass is 408 g/mol. The van der Waals surface area contributed by atoms with E-state index in [1.165, 1.54) is 0 Å². The molecule has 4 rings (SSSR count). The smallest absolute Gasteiger partial charge is 0.356 e. The fourth-order valence-corrected chi connectivity index (χ4v) is 3.63. The molecule has 0 aliphatic rings. The van der Waals surface area contributed by atoms with Crippen LogP contribution in [-0.2, 0) is 13.1 Å². The number of para-hydroxylation sites is 2. The second-order valence-electron chi connectivity index (χ2n) is 6.70. The van der Waals surface area contributed by atoms with Gasteiger partial charge in [-0.3, -0.25) is 5.73 Å². The van der Waals surface area contributed by atoms with E-state index in [0.29, 0.717) is 25.6 Å². The fraction of sp³-hybridized carbons (Fsp3) is 0.174. The highest BCUT2D eigenvalue weighted by atomic mass is 35.5. The molecule has 4 aromatic rings. The number of nitrogens with zero attached hydrogens (tertiary/aromatic N) is 2. The minimum absolute atomic E-state index is 0.501. The average molecular weight is 409 g/mol. The number of benzene rings is 3. The number of hydrogen-bond acceptors (Lipinski definition) is 3. The zero-order valence-electron chi connectivity index (χ0n) is 16.2. The lowest BCUT2D eigenvalue weighted by Crippen LogP contribution is -2.37. The van der Waals surface area contributed by atoms with Crippen molar-refractivity contribution in [2.24, 2.45) is 0 Å². The maximum atomic E-state index is 6.54. The number of ether oxygens (including phenoxy) is 2. The normalized spacial score (nSPS) is 11.0. The summed E-state index contributed by atoms with van der Waals surface area (Å²) in [6, 6.07) is 23.6. The Labute approximate surface area is 174 Å². The molecule has 0 bridgehead atoms. The molecule has 0 saturated heterocycles. The van der Waals surface area contributed by atoms with E-state index < -0.39 is 0 Å². The van der Waals surface area contributed by atoms with Gasteiger partial charge in [-0.15, -0.1) is 0 Å². The van der Waals surface area contributed by atoms with Crippen LogP contribution in [0.15, 0.2) is 72.8 Å². The van der Waals surface area contributed by atoms with E-state index in [-0.39, 0.29) is 0 Å². The van der Waals surface area contributed by atoms with Gasteiger partial charge in [0.05, 0.1) is 13.7 Å². The van der Waals surface area contributed by atoms with Crippen molar-refractivity contribution < 1.29 is 14.0 Å². The van der Waals surface area contributed by atoms with Gasteiger partial charge in [-0.05, 0) is 42.5 Å². The molecular weight excluding hydrogens is 386 g/mol. The summed E-state index contributed by atoms with van der Waals surface area (Å²) in [4.78, 5) is 0. The average Bonchev–Trinajstić information content (AvgIpc) is 3.02. The van der Waals surface area contributed by atoms with Crippen LogP contribution in [0, 0.1) is 0 Å². The van der Waals surface area contributed by atoms with Crippen LogP contribution in [0.2, 0.25) is 5.02 Å². The molecule has 6 heteroatoms. The van der Waals surface area contributed by atoms with Crippen LogP contribution in [-0.4, -0.2) is 18.3 Å². The first-order valence-corrected chi connectivity index (χ1v) is 9.82. The fourth-order valence-electron chi connectivity index (χ4n) is 3.44. The molecule has 29 heavy (non-hydrogen) atoms. The summed E-state index contributed by atoms with van der Waals surface area (Å²) >= 11 is 6.37. The van der Waals surface area contributed by atoms with Crippen molar-refractivity contribution in [2.45, 2.75) is 13.1 Å². The molecule has 0 fully saturated rings. The lowest BCUT2D eigenvalue weighted by atomic mass is 10.2. The van der Waals surface area contributed by atoms with E-state index in [0.717, 1.165) is 33.1 Å². The second kappa shape index (κ2) is 8.45. The first-order valence-electron chi connectivity index (χ1n) is 9.44. The molecule has 0 unspecified atom stereocenters. The molecule has 0 atom stereocenters. The van der Waals surface area contributed by atoms with Crippen LogP contribution in [0.25, 0.3) is 11.0 Å². The van der Waals surface area contributed by atoms with Gasteiger partial charge in [-0.1, -0.05) is 41.9 Å². The van der Waals surface area contributed by atoms with Gasteiger partial charge < -0.3 is 9.47 Å². The molecule has 0 radical (unpaired) electrons. The lowest BCUT2D eigenvalue weighted by molar-refractivity contribution is -0.648. The summed E-state index contributed by atoms with van der Waals surface area (Å²) in [5, 5.41) is 0.735. The minimum atomic E-state index is 0.501. The van der Waals surface area contributed by atoms with E-state index in [9.17, 15) is 0 Å². The van der Waals surface area contributed by atoms with Crippen LogP contribution in [0.1, 0.15) is 5.56 Å². The van der Waals surface area contributed by atoms with Gasteiger partial charge in [0.1, 0.15) is 35.7 Å². The summed E-state index contributed by atoms with van der Waals surface area (Å²) in [6.45, 7) is 1.74. The number of rotatable bonds is 7. The van der Waals surface area contributed by atoms with Gasteiger partial charge >= 0.3 is 5.95 Å². The Bertz CT molecular complexity index is 1120. The third-order valence-corrected chi connectivity index (χ3v) is 5.31. The Morgan fingerprint density at radius 1 is 0.931 bits per heavy atom. The highest BCUT2D eigenvalue weighted by molar-refractivity contribution is 6.31. The molecule has 1 heterocycles. The van der Waals surface area contributed by atoms with Crippen molar-refractivity contribution in [1.29, 1.82) is 0 Å². The Morgan fingerprint density at radius 3 is 2.38 bits per heavy atom. The summed E-state index contributed by atoms with van der Waals surface area (Å²) in [7, 11) is 1.65. The number of halogens is 1. The zero-order chi connectivity index (χ0) is 20.2. The molecule has 2 N–H and O–H groups in total. The Morgan fingerprint density at radius 2 is 1.62 bits per heavy atom. The second-order valence-corrected chi connectivity index (χ2v) is 7.11. The molecule has 0 spiro atoms. The van der Waals surface area contributed by atoms with Crippen molar-refractivity contribution in [1.82, 2.24) is 4.57 Å². The summed E-state index contributed by atoms with van der Waals surface area (Å²) in [5.74, 6) is 2.27. The largest absolute Gasteiger partial charge is 0.497 e. The van der Waals surface area contributed by atoms with Crippen molar-refractivity contribution in [3.8, 4) is 11.5 Å². The van der Waals surface area contributed by atoms with E-state index in [1.807, 2.05) is 60.7 Å². The number of aromatic nitrogens is 2. The maximum absolute atomic E-state index is 6.54. The van der Waals surface area contributed by atoms with E-state index in [4.69, 9.17) is 26.8 Å². The predicted molar refractivity (Wildman–Crippen MR) is 116 cm³/mol. The Hall–Kier alpha value is -3.18. The van der Waals surface area contributed by atoms with Crippen LogP contribution in [0.5, 0.6) is 11.5 Å². The van der Waals surface area contributed by atoms with Crippen LogP contribution in [0.4, 0.5) is 5.95 Å². The number of fused-ring (bicyclic) bond motifs is 1. The quantitative estimate of drug-likeness (QED) is 0.464. The predicted octanol–water partition coefficient (Wildman–Crippen LogP) is 4.30. The number of hydrogen-bond donors (Lipinski definition) is 1. The highest BCUT2D eigenvalue weighted by Gasteiger charge is 2.21. The summed E-state index contributed by atoms with van der Waals surface area (Å²) in [6.07, 6.45) is 0. The van der Waals surface area contributed by atoms with Crippen molar-refractivity contribution in [2.75, 3.05) is 19.5 Å².